The van der Waals surface area contributed by atoms with Gasteiger partial charge < -0.3 is 4.74 Å². The summed E-state index contributed by atoms with van der Waals surface area (Å²) >= 11 is 0. The highest BCUT2D eigenvalue weighted by atomic mass is 19.4. The van der Waals surface area contributed by atoms with Gasteiger partial charge in [-0.25, -0.2) is 0 Å². The van der Waals surface area contributed by atoms with Crippen molar-refractivity contribution in [3.8, 4) is 0 Å². The molecule has 0 aliphatic carbocycles. The maximum atomic E-state index is 12.4. The van der Waals surface area contributed by atoms with Crippen molar-refractivity contribution >= 4 is 0 Å². The molecule has 102 valence electrons. The number of hydrogen-bond acceptors (Lipinski definition) is 1. The summed E-state index contributed by atoms with van der Waals surface area (Å²) in [5.41, 5.74) is 1.71. The molecular weight excluding hydrogens is 241 g/mol. The van der Waals surface area contributed by atoms with Gasteiger partial charge in [-0.3, -0.25) is 0 Å². The van der Waals surface area contributed by atoms with Gasteiger partial charge in [-0.05, 0) is 23.5 Å². The Morgan fingerprint density at radius 3 is 2.00 bits per heavy atom. The van der Waals surface area contributed by atoms with Crippen LogP contribution < -0.4 is 0 Å². The molecule has 2 unspecified atom stereocenters. The average Bonchev–Trinajstić information content (AvgIpc) is 2.34. The van der Waals surface area contributed by atoms with Crippen molar-refractivity contribution in [2.45, 2.75) is 44.9 Å². The number of rotatable bonds is 5. The molecule has 0 aliphatic rings. The Bertz CT molecular complexity index is 356. The third kappa shape index (κ3) is 4.33. The minimum atomic E-state index is -4.21. The van der Waals surface area contributed by atoms with Gasteiger partial charge in [-0.2, -0.15) is 13.2 Å². The summed E-state index contributed by atoms with van der Waals surface area (Å²) in [5, 5.41) is 0. The van der Waals surface area contributed by atoms with Crippen LogP contribution in [0, 0.1) is 0 Å². The summed E-state index contributed by atoms with van der Waals surface area (Å²) in [6, 6.07) is 7.21. The lowest BCUT2D eigenvalue weighted by Gasteiger charge is -2.18. The zero-order chi connectivity index (χ0) is 13.8. The van der Waals surface area contributed by atoms with Crippen molar-refractivity contribution < 1.29 is 17.9 Å². The summed E-state index contributed by atoms with van der Waals surface area (Å²) in [6.45, 7) is 4.18. The van der Waals surface area contributed by atoms with Gasteiger partial charge in [-0.1, -0.05) is 38.1 Å². The van der Waals surface area contributed by atoms with Gasteiger partial charge in [0.05, 0.1) is 12.5 Å². The van der Waals surface area contributed by atoms with E-state index >= 15 is 0 Å². The Kier molecular flexibility index (Phi) is 5.20. The van der Waals surface area contributed by atoms with E-state index in [9.17, 15) is 13.2 Å². The van der Waals surface area contributed by atoms with Crippen LogP contribution in [0.4, 0.5) is 13.2 Å². The quantitative estimate of drug-likeness (QED) is 0.736. The van der Waals surface area contributed by atoms with Gasteiger partial charge >= 0.3 is 6.18 Å². The average molecular weight is 260 g/mol. The highest BCUT2D eigenvalue weighted by Gasteiger charge is 2.32. The second kappa shape index (κ2) is 6.23. The first-order valence-corrected chi connectivity index (χ1v) is 6.06. The predicted octanol–water partition coefficient (Wildman–Crippen LogP) is 4.84. The first kappa shape index (κ1) is 15.0. The standard InChI is InChI=1S/C14H19F3O/c1-4-10(2)11-5-7-12(8-6-11)13(18-3)9-14(15,16)17/h5-8,10,13H,4,9H2,1-3H3. The first-order chi connectivity index (χ1) is 8.37. The van der Waals surface area contributed by atoms with Crippen molar-refractivity contribution in [1.29, 1.82) is 0 Å². The predicted molar refractivity (Wildman–Crippen MR) is 65.6 cm³/mol. The third-order valence-electron chi connectivity index (χ3n) is 3.19. The number of methoxy groups -OCH3 is 1. The lowest BCUT2D eigenvalue weighted by atomic mass is 9.96. The normalized spacial score (nSPS) is 15.4. The fourth-order valence-corrected chi connectivity index (χ4v) is 1.82. The molecule has 1 aromatic carbocycles. The fraction of sp³-hybridized carbons (Fsp3) is 0.571. The molecule has 0 aromatic heterocycles. The first-order valence-electron chi connectivity index (χ1n) is 6.06. The summed E-state index contributed by atoms with van der Waals surface area (Å²) in [5.74, 6) is 0.419. The zero-order valence-corrected chi connectivity index (χ0v) is 10.9. The van der Waals surface area contributed by atoms with Crippen molar-refractivity contribution in [2.24, 2.45) is 0 Å². The van der Waals surface area contributed by atoms with E-state index in [2.05, 4.69) is 13.8 Å². The van der Waals surface area contributed by atoms with Crippen LogP contribution in [-0.2, 0) is 4.74 Å². The van der Waals surface area contributed by atoms with Gasteiger partial charge in [0, 0.05) is 7.11 Å². The second-order valence-electron chi connectivity index (χ2n) is 4.52. The molecule has 18 heavy (non-hydrogen) atoms. The highest BCUT2D eigenvalue weighted by molar-refractivity contribution is 5.26. The number of hydrogen-bond donors (Lipinski definition) is 0. The van der Waals surface area contributed by atoms with E-state index < -0.39 is 18.7 Å². The monoisotopic (exact) mass is 260 g/mol. The summed E-state index contributed by atoms with van der Waals surface area (Å²) in [6.07, 6.45) is -5.08. The van der Waals surface area contributed by atoms with Crippen LogP contribution in [0.1, 0.15) is 49.8 Å². The van der Waals surface area contributed by atoms with Crippen LogP contribution in [0.25, 0.3) is 0 Å². The molecule has 1 rings (SSSR count). The molecule has 0 bridgehead atoms. The lowest BCUT2D eigenvalue weighted by molar-refractivity contribution is -0.158. The Hall–Kier alpha value is -1.03. The SMILES string of the molecule is CCC(C)c1ccc(C(CC(F)(F)F)OC)cc1. The lowest BCUT2D eigenvalue weighted by Crippen LogP contribution is -2.15. The Labute approximate surface area is 106 Å². The second-order valence-corrected chi connectivity index (χ2v) is 4.52. The van der Waals surface area contributed by atoms with Crippen molar-refractivity contribution in [3.05, 3.63) is 35.4 Å². The van der Waals surface area contributed by atoms with Crippen LogP contribution in [0.15, 0.2) is 24.3 Å². The Morgan fingerprint density at radius 2 is 1.61 bits per heavy atom. The molecule has 0 heterocycles. The van der Waals surface area contributed by atoms with Gasteiger partial charge in [-0.15, -0.1) is 0 Å². The van der Waals surface area contributed by atoms with Crippen LogP contribution in [-0.4, -0.2) is 13.3 Å². The van der Waals surface area contributed by atoms with Crippen molar-refractivity contribution in [3.63, 3.8) is 0 Å². The number of benzene rings is 1. The fourth-order valence-electron chi connectivity index (χ4n) is 1.82. The minimum Gasteiger partial charge on any atom is -0.376 e. The van der Waals surface area contributed by atoms with E-state index in [0.717, 1.165) is 12.0 Å². The van der Waals surface area contributed by atoms with Crippen LogP contribution >= 0.6 is 0 Å². The third-order valence-corrected chi connectivity index (χ3v) is 3.19. The van der Waals surface area contributed by atoms with Crippen LogP contribution in [0.2, 0.25) is 0 Å². The molecule has 0 aliphatic heterocycles. The minimum absolute atomic E-state index is 0.419. The zero-order valence-electron chi connectivity index (χ0n) is 10.9. The van der Waals surface area contributed by atoms with Gasteiger partial charge in [0.25, 0.3) is 0 Å². The van der Waals surface area contributed by atoms with Crippen LogP contribution in [0.3, 0.4) is 0 Å². The topological polar surface area (TPSA) is 9.23 Å². The Morgan fingerprint density at radius 1 is 1.11 bits per heavy atom. The smallest absolute Gasteiger partial charge is 0.376 e. The highest BCUT2D eigenvalue weighted by Crippen LogP contribution is 2.32. The van der Waals surface area contributed by atoms with E-state index in [0.29, 0.717) is 11.5 Å². The number of alkyl halides is 3. The molecule has 0 radical (unpaired) electrons. The summed E-state index contributed by atoms with van der Waals surface area (Å²) < 4.78 is 42.0. The summed E-state index contributed by atoms with van der Waals surface area (Å²) in [4.78, 5) is 0. The number of halogens is 3. The van der Waals surface area contributed by atoms with Gasteiger partial charge in [0.1, 0.15) is 0 Å². The molecule has 0 N–H and O–H groups in total. The van der Waals surface area contributed by atoms with E-state index in [1.165, 1.54) is 7.11 Å². The van der Waals surface area contributed by atoms with Crippen molar-refractivity contribution in [1.82, 2.24) is 0 Å². The molecule has 1 aromatic rings. The van der Waals surface area contributed by atoms with E-state index in [4.69, 9.17) is 4.74 Å². The van der Waals surface area contributed by atoms with Crippen molar-refractivity contribution in [2.75, 3.05) is 7.11 Å². The molecule has 0 saturated heterocycles. The maximum absolute atomic E-state index is 12.4. The molecule has 2 atom stereocenters. The molecule has 0 saturated carbocycles. The summed E-state index contributed by atoms with van der Waals surface area (Å²) in [7, 11) is 1.30. The molecule has 0 spiro atoms. The molecule has 1 nitrogen and oxygen atoms in total. The van der Waals surface area contributed by atoms with E-state index in [1.807, 2.05) is 12.1 Å². The van der Waals surface area contributed by atoms with E-state index in [1.54, 1.807) is 12.1 Å². The largest absolute Gasteiger partial charge is 0.391 e. The van der Waals surface area contributed by atoms with Gasteiger partial charge in [0.2, 0.25) is 0 Å². The molecular formula is C14H19F3O. The Balaban J connectivity index is 2.82. The molecule has 4 heteroatoms. The van der Waals surface area contributed by atoms with Gasteiger partial charge in [0.15, 0.2) is 0 Å². The molecule has 0 amide bonds. The number of ether oxygens (including phenoxy) is 1. The maximum Gasteiger partial charge on any atom is 0.391 e. The van der Waals surface area contributed by atoms with Crippen LogP contribution in [0.5, 0.6) is 0 Å². The molecule has 0 fully saturated rings. The van der Waals surface area contributed by atoms with E-state index in [-0.39, 0.29) is 0 Å².